The van der Waals surface area contributed by atoms with Crippen LogP contribution in [0.25, 0.3) is 0 Å². The van der Waals surface area contributed by atoms with Crippen LogP contribution in [0.4, 0.5) is 0 Å². The van der Waals surface area contributed by atoms with Gasteiger partial charge in [-0.1, -0.05) is 29.8 Å². The van der Waals surface area contributed by atoms with Crippen molar-refractivity contribution in [1.29, 1.82) is 0 Å². The van der Waals surface area contributed by atoms with Crippen molar-refractivity contribution in [3.8, 4) is 0 Å². The van der Waals surface area contributed by atoms with Crippen molar-refractivity contribution < 1.29 is 9.72 Å². The molecule has 1 unspecified atom stereocenters. The Balaban J connectivity index is 2.25. The van der Waals surface area contributed by atoms with Crippen molar-refractivity contribution >= 4 is 5.91 Å². The van der Waals surface area contributed by atoms with E-state index in [2.05, 4.69) is 5.10 Å². The number of nitro groups is 1. The van der Waals surface area contributed by atoms with Crippen LogP contribution in [0, 0.1) is 30.9 Å². The number of hydrogen-bond acceptors (Lipinski definition) is 4. The third-order valence-corrected chi connectivity index (χ3v) is 3.55. The topological polar surface area (TPSA) is 78.0 Å². The maximum Gasteiger partial charge on any atom is 0.247 e. The molecule has 0 spiro atoms. The maximum atomic E-state index is 12.4. The summed E-state index contributed by atoms with van der Waals surface area (Å²) in [7, 11) is 0. The normalized spacial score (nSPS) is 12.1. The van der Waals surface area contributed by atoms with Gasteiger partial charge in [0, 0.05) is 17.0 Å². The summed E-state index contributed by atoms with van der Waals surface area (Å²) in [6, 6.07) is 9.31. The third kappa shape index (κ3) is 3.78. The van der Waals surface area contributed by atoms with Crippen molar-refractivity contribution in [2.45, 2.75) is 33.1 Å². The first-order chi connectivity index (χ1) is 10.4. The van der Waals surface area contributed by atoms with Gasteiger partial charge in [-0.3, -0.25) is 14.9 Å². The molecule has 1 heterocycles. The zero-order chi connectivity index (χ0) is 16.3. The van der Waals surface area contributed by atoms with E-state index in [4.69, 9.17) is 0 Å². The largest absolute Gasteiger partial charge is 0.273 e. The summed E-state index contributed by atoms with van der Waals surface area (Å²) in [6.45, 7) is 5.27. The number of aromatic nitrogens is 2. The molecule has 0 bridgehead atoms. The highest BCUT2D eigenvalue weighted by Gasteiger charge is 2.23. The van der Waals surface area contributed by atoms with E-state index in [1.54, 1.807) is 6.92 Å². The van der Waals surface area contributed by atoms with E-state index in [1.165, 1.54) is 4.68 Å². The van der Waals surface area contributed by atoms with Crippen molar-refractivity contribution in [2.24, 2.45) is 0 Å². The molecule has 1 atom stereocenters. The van der Waals surface area contributed by atoms with Crippen LogP contribution < -0.4 is 0 Å². The first-order valence-electron chi connectivity index (χ1n) is 7.11. The monoisotopic (exact) mass is 301 g/mol. The van der Waals surface area contributed by atoms with Crippen LogP contribution in [0.1, 0.15) is 39.6 Å². The summed E-state index contributed by atoms with van der Waals surface area (Å²) in [5.41, 5.74) is 3.33. The van der Waals surface area contributed by atoms with E-state index in [-0.39, 0.29) is 23.8 Å². The molecule has 0 N–H and O–H groups in total. The fourth-order valence-electron chi connectivity index (χ4n) is 2.57. The molecule has 0 aliphatic heterocycles. The number of rotatable bonds is 5. The Morgan fingerprint density at radius 2 is 2.05 bits per heavy atom. The molecule has 0 aliphatic carbocycles. The van der Waals surface area contributed by atoms with Crippen molar-refractivity contribution in [1.82, 2.24) is 9.78 Å². The Kier molecular flexibility index (Phi) is 4.70. The zero-order valence-electron chi connectivity index (χ0n) is 12.9. The minimum absolute atomic E-state index is 0.0619. The van der Waals surface area contributed by atoms with Gasteiger partial charge in [0.25, 0.3) is 0 Å². The highest BCUT2D eigenvalue weighted by Crippen LogP contribution is 2.22. The molecule has 116 valence electrons. The Bertz CT molecular complexity index is 706. The smallest absolute Gasteiger partial charge is 0.247 e. The van der Waals surface area contributed by atoms with Crippen molar-refractivity contribution in [3.63, 3.8) is 0 Å². The van der Waals surface area contributed by atoms with Gasteiger partial charge in [-0.15, -0.1) is 0 Å². The first kappa shape index (κ1) is 15.9. The van der Waals surface area contributed by atoms with Gasteiger partial charge in [-0.2, -0.15) is 5.10 Å². The van der Waals surface area contributed by atoms with Gasteiger partial charge in [0.2, 0.25) is 12.5 Å². The van der Waals surface area contributed by atoms with Gasteiger partial charge < -0.3 is 0 Å². The molecule has 2 rings (SSSR count). The molecule has 1 aromatic carbocycles. The second kappa shape index (κ2) is 6.51. The Morgan fingerprint density at radius 3 is 2.59 bits per heavy atom. The molecule has 1 aromatic heterocycles. The minimum Gasteiger partial charge on any atom is -0.273 e. The number of hydrogen-bond donors (Lipinski definition) is 0. The fourth-order valence-corrected chi connectivity index (χ4v) is 2.57. The number of nitrogens with zero attached hydrogens (tertiary/aromatic N) is 3. The average Bonchev–Trinajstić information content (AvgIpc) is 2.76. The van der Waals surface area contributed by atoms with Gasteiger partial charge in [-0.05, 0) is 32.4 Å². The van der Waals surface area contributed by atoms with Gasteiger partial charge >= 0.3 is 0 Å². The summed E-state index contributed by atoms with van der Waals surface area (Å²) in [5.74, 6) is -0.676. The molecular formula is C16H19N3O3. The SMILES string of the molecule is Cc1cccc(C(CC(=O)n2nc(C)cc2C)C[N+](=O)[O-])c1. The highest BCUT2D eigenvalue weighted by atomic mass is 16.6. The lowest BCUT2D eigenvalue weighted by Crippen LogP contribution is -2.21. The first-order valence-corrected chi connectivity index (χ1v) is 7.11. The number of carbonyl (C=O) groups is 1. The molecule has 0 saturated heterocycles. The molecule has 0 saturated carbocycles. The van der Waals surface area contributed by atoms with Crippen LogP contribution in [-0.4, -0.2) is 27.2 Å². The van der Waals surface area contributed by atoms with Crippen LogP contribution in [0.15, 0.2) is 30.3 Å². The summed E-state index contributed by atoms with van der Waals surface area (Å²) in [6.07, 6.45) is 0.0619. The molecule has 6 heteroatoms. The average molecular weight is 301 g/mol. The third-order valence-electron chi connectivity index (χ3n) is 3.55. The van der Waals surface area contributed by atoms with E-state index in [9.17, 15) is 14.9 Å². The lowest BCUT2D eigenvalue weighted by Gasteiger charge is -2.13. The van der Waals surface area contributed by atoms with E-state index < -0.39 is 5.92 Å². The van der Waals surface area contributed by atoms with Crippen LogP contribution in [0.2, 0.25) is 0 Å². The molecule has 0 fully saturated rings. The Hall–Kier alpha value is -2.50. The van der Waals surface area contributed by atoms with Crippen molar-refractivity contribution in [2.75, 3.05) is 6.54 Å². The maximum absolute atomic E-state index is 12.4. The molecule has 0 amide bonds. The second-order valence-electron chi connectivity index (χ2n) is 5.56. The molecule has 0 radical (unpaired) electrons. The number of aryl methyl sites for hydroxylation is 3. The van der Waals surface area contributed by atoms with Gasteiger partial charge in [0.05, 0.1) is 11.6 Å². The predicted octanol–water partition coefficient (Wildman–Crippen LogP) is 2.90. The number of benzene rings is 1. The zero-order valence-corrected chi connectivity index (χ0v) is 12.9. The molecule has 2 aromatic rings. The van der Waals surface area contributed by atoms with E-state index in [0.29, 0.717) is 0 Å². The van der Waals surface area contributed by atoms with Crippen LogP contribution in [0.5, 0.6) is 0 Å². The van der Waals surface area contributed by atoms with Crippen molar-refractivity contribution in [3.05, 3.63) is 63.0 Å². The molecule has 22 heavy (non-hydrogen) atoms. The fraction of sp³-hybridized carbons (Fsp3) is 0.375. The van der Waals surface area contributed by atoms with Crippen LogP contribution in [0.3, 0.4) is 0 Å². The standard InChI is InChI=1S/C16H19N3O3/c1-11-5-4-6-14(7-11)15(10-18(21)22)9-16(20)19-13(3)8-12(2)17-19/h4-8,15H,9-10H2,1-3H3. The number of carbonyl (C=O) groups excluding carboxylic acids is 1. The van der Waals surface area contributed by atoms with Gasteiger partial charge in [0.15, 0.2) is 0 Å². The summed E-state index contributed by atoms with van der Waals surface area (Å²) >= 11 is 0. The van der Waals surface area contributed by atoms with Crippen LogP contribution >= 0.6 is 0 Å². The predicted molar refractivity (Wildman–Crippen MR) is 82.7 cm³/mol. The Morgan fingerprint density at radius 1 is 1.32 bits per heavy atom. The summed E-state index contributed by atoms with van der Waals surface area (Å²) in [4.78, 5) is 23.0. The summed E-state index contributed by atoms with van der Waals surface area (Å²) < 4.78 is 1.33. The second-order valence-corrected chi connectivity index (χ2v) is 5.56. The molecular weight excluding hydrogens is 282 g/mol. The lowest BCUT2D eigenvalue weighted by atomic mass is 9.94. The quantitative estimate of drug-likeness (QED) is 0.628. The summed E-state index contributed by atoms with van der Waals surface area (Å²) in [5, 5.41) is 15.1. The van der Waals surface area contributed by atoms with Gasteiger partial charge in [-0.25, -0.2) is 4.68 Å². The van der Waals surface area contributed by atoms with E-state index >= 15 is 0 Å². The van der Waals surface area contributed by atoms with E-state index in [1.807, 2.05) is 44.2 Å². The van der Waals surface area contributed by atoms with E-state index in [0.717, 1.165) is 22.5 Å². The molecule has 6 nitrogen and oxygen atoms in total. The minimum atomic E-state index is -0.452. The van der Waals surface area contributed by atoms with Crippen LogP contribution in [-0.2, 0) is 0 Å². The molecule has 0 aliphatic rings. The Labute approximate surface area is 128 Å². The lowest BCUT2D eigenvalue weighted by molar-refractivity contribution is -0.483. The van der Waals surface area contributed by atoms with Gasteiger partial charge in [0.1, 0.15) is 0 Å². The highest BCUT2D eigenvalue weighted by molar-refractivity contribution is 5.79.